The third-order valence-corrected chi connectivity index (χ3v) is 3.86. The van der Waals surface area contributed by atoms with Gasteiger partial charge >= 0.3 is 5.97 Å². The van der Waals surface area contributed by atoms with E-state index in [1.54, 1.807) is 6.07 Å². The zero-order chi connectivity index (χ0) is 20.8. The van der Waals surface area contributed by atoms with Crippen LogP contribution in [0.1, 0.15) is 22.3 Å². The second-order valence-corrected chi connectivity index (χ2v) is 6.04. The summed E-state index contributed by atoms with van der Waals surface area (Å²) in [5, 5.41) is 17.9. The van der Waals surface area contributed by atoms with E-state index in [1.807, 2.05) is 0 Å². The van der Waals surface area contributed by atoms with E-state index in [1.165, 1.54) is 48.7 Å². The van der Waals surface area contributed by atoms with Crippen molar-refractivity contribution in [2.45, 2.75) is 12.5 Å². The number of anilines is 1. The molecule has 2 aromatic carbocycles. The highest BCUT2D eigenvalue weighted by molar-refractivity contribution is 6.07. The lowest BCUT2D eigenvalue weighted by Crippen LogP contribution is -2.35. The lowest BCUT2D eigenvalue weighted by atomic mass is 10.1. The quantitative estimate of drug-likeness (QED) is 0.431. The summed E-state index contributed by atoms with van der Waals surface area (Å²) in [7, 11) is 0. The van der Waals surface area contributed by atoms with Gasteiger partial charge in [0.1, 0.15) is 11.9 Å². The first kappa shape index (κ1) is 19.7. The minimum absolute atomic E-state index is 0.0323. The van der Waals surface area contributed by atoms with Gasteiger partial charge in [-0.3, -0.25) is 14.9 Å². The van der Waals surface area contributed by atoms with E-state index < -0.39 is 23.8 Å². The summed E-state index contributed by atoms with van der Waals surface area (Å²) in [5.74, 6) is -2.36. The summed E-state index contributed by atoms with van der Waals surface area (Å²) in [6.07, 6.45) is 1.19. The number of hydrazone groups is 1. The Morgan fingerprint density at radius 1 is 1.24 bits per heavy atom. The van der Waals surface area contributed by atoms with Crippen LogP contribution in [0.25, 0.3) is 0 Å². The smallest absolute Gasteiger partial charge is 0.335 e. The van der Waals surface area contributed by atoms with Crippen molar-refractivity contribution in [1.82, 2.24) is 10.7 Å². The Balaban J connectivity index is 1.55. The average molecular weight is 397 g/mol. The molecule has 0 spiro atoms. The second-order valence-electron chi connectivity index (χ2n) is 6.04. The molecule has 2 aromatic rings. The van der Waals surface area contributed by atoms with Crippen LogP contribution >= 0.6 is 0 Å². The molecule has 29 heavy (non-hydrogen) atoms. The number of hydrogen-bond acceptors (Lipinski definition) is 6. The van der Waals surface area contributed by atoms with Crippen molar-refractivity contribution in [1.29, 1.82) is 0 Å². The minimum Gasteiger partial charge on any atom is -0.478 e. The topological polar surface area (TPSA) is 132 Å². The SMILES string of the molecule is O=C(C[C@@H]1N=C(N/N=C\c2ccc(F)cc2)NC1=O)Nc1cccc(C(=O)O)c1. The molecule has 1 atom stereocenters. The first-order valence-corrected chi connectivity index (χ1v) is 8.47. The van der Waals surface area contributed by atoms with E-state index in [-0.39, 0.29) is 23.8 Å². The standard InChI is InChI=1S/C19H16FN5O4/c20-13-6-4-11(5-7-13)10-21-25-19-23-15(17(27)24-19)9-16(26)22-14-3-1-2-12(8-14)18(28)29/h1-8,10,15H,9H2,(H,22,26)(H,28,29)(H2,23,24,25,27)/b21-10-/t15-/m0/s1. The fourth-order valence-corrected chi connectivity index (χ4v) is 2.48. The first-order valence-electron chi connectivity index (χ1n) is 8.47. The maximum absolute atomic E-state index is 12.9. The van der Waals surface area contributed by atoms with Crippen molar-refractivity contribution >= 4 is 35.6 Å². The molecule has 3 rings (SSSR count). The molecule has 0 aliphatic carbocycles. The summed E-state index contributed by atoms with van der Waals surface area (Å²) in [6.45, 7) is 0. The van der Waals surface area contributed by atoms with Crippen molar-refractivity contribution in [2.24, 2.45) is 10.1 Å². The Morgan fingerprint density at radius 3 is 2.72 bits per heavy atom. The number of halogens is 1. The molecular weight excluding hydrogens is 381 g/mol. The summed E-state index contributed by atoms with van der Waals surface area (Å²) >= 11 is 0. The zero-order valence-electron chi connectivity index (χ0n) is 14.9. The number of rotatable bonds is 6. The van der Waals surface area contributed by atoms with Crippen LogP contribution in [0.5, 0.6) is 0 Å². The van der Waals surface area contributed by atoms with Crippen LogP contribution < -0.4 is 16.1 Å². The van der Waals surface area contributed by atoms with Gasteiger partial charge in [0.05, 0.1) is 18.2 Å². The molecule has 4 N–H and O–H groups in total. The third kappa shape index (κ3) is 5.45. The predicted molar refractivity (Wildman–Crippen MR) is 103 cm³/mol. The largest absolute Gasteiger partial charge is 0.478 e. The van der Waals surface area contributed by atoms with Crippen molar-refractivity contribution in [3.8, 4) is 0 Å². The fourth-order valence-electron chi connectivity index (χ4n) is 2.48. The van der Waals surface area contributed by atoms with Gasteiger partial charge in [-0.15, -0.1) is 0 Å². The van der Waals surface area contributed by atoms with E-state index in [0.717, 1.165) is 0 Å². The van der Waals surface area contributed by atoms with Crippen LogP contribution in [-0.4, -0.2) is 41.1 Å². The van der Waals surface area contributed by atoms with Crippen LogP contribution in [0.4, 0.5) is 10.1 Å². The van der Waals surface area contributed by atoms with Crippen molar-refractivity contribution in [3.63, 3.8) is 0 Å². The summed E-state index contributed by atoms with van der Waals surface area (Å²) in [6, 6.07) is 10.5. The lowest BCUT2D eigenvalue weighted by molar-refractivity contribution is -0.123. The van der Waals surface area contributed by atoms with Gasteiger partial charge in [-0.05, 0) is 35.9 Å². The van der Waals surface area contributed by atoms with E-state index in [2.05, 4.69) is 26.2 Å². The van der Waals surface area contributed by atoms with Gasteiger partial charge in [-0.2, -0.15) is 5.10 Å². The Hall–Kier alpha value is -4.08. The highest BCUT2D eigenvalue weighted by Crippen LogP contribution is 2.13. The van der Waals surface area contributed by atoms with Crippen LogP contribution in [0, 0.1) is 5.82 Å². The Labute approximate surface area is 164 Å². The van der Waals surface area contributed by atoms with E-state index in [4.69, 9.17) is 5.11 Å². The molecule has 10 heteroatoms. The maximum atomic E-state index is 12.9. The molecule has 9 nitrogen and oxygen atoms in total. The predicted octanol–water partition coefficient (Wildman–Crippen LogP) is 1.33. The Kier molecular flexibility index (Phi) is 5.93. The molecular formula is C19H16FN5O4. The van der Waals surface area contributed by atoms with Crippen molar-refractivity contribution < 1.29 is 23.9 Å². The molecule has 0 radical (unpaired) electrons. The van der Waals surface area contributed by atoms with E-state index >= 15 is 0 Å². The van der Waals surface area contributed by atoms with Gasteiger partial charge in [-0.25, -0.2) is 19.6 Å². The number of benzene rings is 2. The fraction of sp³-hybridized carbons (Fsp3) is 0.105. The summed E-state index contributed by atoms with van der Waals surface area (Å²) in [4.78, 5) is 39.1. The molecule has 0 fully saturated rings. The molecule has 1 heterocycles. The van der Waals surface area contributed by atoms with Gasteiger partial charge in [-0.1, -0.05) is 18.2 Å². The van der Waals surface area contributed by atoms with Gasteiger partial charge < -0.3 is 10.4 Å². The number of carboxylic acid groups (broad SMARTS) is 1. The van der Waals surface area contributed by atoms with Gasteiger partial charge in [0.25, 0.3) is 5.91 Å². The molecule has 0 bridgehead atoms. The van der Waals surface area contributed by atoms with E-state index in [0.29, 0.717) is 11.3 Å². The zero-order valence-corrected chi connectivity index (χ0v) is 14.9. The van der Waals surface area contributed by atoms with Crippen LogP contribution in [0.15, 0.2) is 58.6 Å². The number of carbonyl (C=O) groups excluding carboxylic acids is 2. The highest BCUT2D eigenvalue weighted by atomic mass is 19.1. The number of aromatic carboxylic acids is 1. The first-order chi connectivity index (χ1) is 13.9. The summed E-state index contributed by atoms with van der Waals surface area (Å²) < 4.78 is 12.9. The number of carboxylic acids is 1. The van der Waals surface area contributed by atoms with Crippen molar-refractivity contribution in [2.75, 3.05) is 5.32 Å². The average Bonchev–Trinajstić information content (AvgIpc) is 3.02. The van der Waals surface area contributed by atoms with Crippen LogP contribution in [-0.2, 0) is 9.59 Å². The van der Waals surface area contributed by atoms with Gasteiger partial charge in [0.15, 0.2) is 0 Å². The lowest BCUT2D eigenvalue weighted by Gasteiger charge is -2.07. The van der Waals surface area contributed by atoms with Crippen LogP contribution in [0.2, 0.25) is 0 Å². The molecule has 0 unspecified atom stereocenters. The van der Waals surface area contributed by atoms with Gasteiger partial charge in [0.2, 0.25) is 11.9 Å². The number of amides is 2. The molecule has 0 aromatic heterocycles. The second kappa shape index (κ2) is 8.74. The van der Waals surface area contributed by atoms with Gasteiger partial charge in [0, 0.05) is 5.69 Å². The third-order valence-electron chi connectivity index (χ3n) is 3.86. The number of hydrogen-bond donors (Lipinski definition) is 4. The molecule has 0 saturated heterocycles. The number of aliphatic imine (C=N–C) groups is 1. The van der Waals surface area contributed by atoms with Crippen LogP contribution in [0.3, 0.4) is 0 Å². The number of carbonyl (C=O) groups is 3. The maximum Gasteiger partial charge on any atom is 0.335 e. The molecule has 0 saturated carbocycles. The highest BCUT2D eigenvalue weighted by Gasteiger charge is 2.28. The summed E-state index contributed by atoms with van der Waals surface area (Å²) in [5.41, 5.74) is 3.52. The Bertz CT molecular complexity index is 1000. The molecule has 148 valence electrons. The molecule has 1 aliphatic heterocycles. The van der Waals surface area contributed by atoms with Crippen molar-refractivity contribution in [3.05, 3.63) is 65.5 Å². The minimum atomic E-state index is -1.11. The number of guanidine groups is 1. The normalized spacial score (nSPS) is 15.7. The molecule has 2 amide bonds. The number of nitrogens with zero attached hydrogens (tertiary/aromatic N) is 2. The number of nitrogens with one attached hydrogen (secondary N) is 3. The van der Waals surface area contributed by atoms with E-state index in [9.17, 15) is 18.8 Å². The monoisotopic (exact) mass is 397 g/mol. The Morgan fingerprint density at radius 2 is 2.00 bits per heavy atom. The molecule has 1 aliphatic rings.